The van der Waals surface area contributed by atoms with Crippen molar-refractivity contribution in [2.75, 3.05) is 0 Å². The second-order valence-electron chi connectivity index (χ2n) is 5.79. The van der Waals surface area contributed by atoms with Gasteiger partial charge in [-0.1, -0.05) is 23.7 Å². The van der Waals surface area contributed by atoms with Crippen molar-refractivity contribution in [2.45, 2.75) is 27.4 Å². The fourth-order valence-electron chi connectivity index (χ4n) is 2.52. The molecule has 0 spiro atoms. The molecule has 0 radical (unpaired) electrons. The van der Waals surface area contributed by atoms with Gasteiger partial charge in [-0.25, -0.2) is 0 Å². The number of fused-ring (bicyclic) bond motifs is 1. The lowest BCUT2D eigenvalue weighted by Crippen LogP contribution is -2.01. The fourth-order valence-corrected chi connectivity index (χ4v) is 2.65. The zero-order chi connectivity index (χ0) is 16.6. The van der Waals surface area contributed by atoms with Crippen LogP contribution in [0.3, 0.4) is 0 Å². The Morgan fingerprint density at radius 3 is 2.52 bits per heavy atom. The average molecular weight is 329 g/mol. The monoisotopic (exact) mass is 328 g/mol. The van der Waals surface area contributed by atoms with E-state index in [1.54, 1.807) is 6.07 Å². The molecule has 0 unspecified atom stereocenters. The van der Waals surface area contributed by atoms with Crippen LogP contribution in [0.1, 0.15) is 35.3 Å². The minimum absolute atomic E-state index is 0.0539. The summed E-state index contributed by atoms with van der Waals surface area (Å²) in [6.45, 7) is 6.06. The van der Waals surface area contributed by atoms with Gasteiger partial charge in [-0.15, -0.1) is 0 Å². The third kappa shape index (κ3) is 3.10. The van der Waals surface area contributed by atoms with E-state index >= 15 is 0 Å². The average Bonchev–Trinajstić information content (AvgIpc) is 2.84. The Bertz CT molecular complexity index is 800. The Balaban J connectivity index is 1.83. The zero-order valence-electron chi connectivity index (χ0n) is 13.3. The molecular weight excluding hydrogens is 312 g/mol. The first-order chi connectivity index (χ1) is 11.0. The largest absolute Gasteiger partial charge is 0.489 e. The highest BCUT2D eigenvalue weighted by atomic mass is 35.5. The Labute approximate surface area is 140 Å². The van der Waals surface area contributed by atoms with Crippen LogP contribution in [0.2, 0.25) is 5.02 Å². The topological polar surface area (TPSA) is 35.5 Å². The van der Waals surface area contributed by atoms with E-state index in [2.05, 4.69) is 0 Å². The number of hydrogen-bond donors (Lipinski definition) is 0. The molecule has 1 aliphatic rings. The quantitative estimate of drug-likeness (QED) is 0.736. The molecular formula is C19H17ClO3. The Hall–Kier alpha value is -2.26. The molecule has 0 amide bonds. The number of ketones is 1. The highest BCUT2D eigenvalue weighted by molar-refractivity contribution is 6.30. The van der Waals surface area contributed by atoms with Gasteiger partial charge in [0, 0.05) is 11.1 Å². The molecule has 3 rings (SSSR count). The van der Waals surface area contributed by atoms with Gasteiger partial charge < -0.3 is 9.47 Å². The van der Waals surface area contributed by atoms with Crippen LogP contribution in [-0.4, -0.2) is 5.78 Å². The molecule has 2 aromatic rings. The van der Waals surface area contributed by atoms with Crippen LogP contribution >= 0.6 is 11.6 Å². The number of ether oxygens (including phenoxy) is 2. The molecule has 3 nitrogen and oxygen atoms in total. The van der Waals surface area contributed by atoms with Crippen molar-refractivity contribution < 1.29 is 14.3 Å². The number of allylic oxidation sites excluding steroid dienone is 2. The number of benzene rings is 2. The molecule has 0 fully saturated rings. The molecule has 1 heterocycles. The molecule has 0 aliphatic carbocycles. The Morgan fingerprint density at radius 1 is 1.17 bits per heavy atom. The fraction of sp³-hybridized carbons (Fsp3) is 0.211. The van der Waals surface area contributed by atoms with E-state index in [0.29, 0.717) is 34.5 Å². The lowest BCUT2D eigenvalue weighted by atomic mass is 10.0. The summed E-state index contributed by atoms with van der Waals surface area (Å²) < 4.78 is 11.5. The smallest absolute Gasteiger partial charge is 0.232 e. The molecule has 0 bridgehead atoms. The van der Waals surface area contributed by atoms with Crippen molar-refractivity contribution in [1.82, 2.24) is 0 Å². The predicted octanol–water partition coefficient (Wildman–Crippen LogP) is 5.10. The summed E-state index contributed by atoms with van der Waals surface area (Å²) in [5.74, 6) is 1.61. The Kier molecular flexibility index (Phi) is 4.14. The predicted molar refractivity (Wildman–Crippen MR) is 90.3 cm³/mol. The van der Waals surface area contributed by atoms with Crippen molar-refractivity contribution >= 4 is 17.4 Å². The van der Waals surface area contributed by atoms with Gasteiger partial charge in [-0.2, -0.15) is 0 Å². The summed E-state index contributed by atoms with van der Waals surface area (Å²) in [5.41, 5.74) is 3.37. The van der Waals surface area contributed by atoms with Crippen molar-refractivity contribution in [3.63, 3.8) is 0 Å². The van der Waals surface area contributed by atoms with Gasteiger partial charge in [-0.3, -0.25) is 4.79 Å². The Morgan fingerprint density at radius 2 is 1.87 bits per heavy atom. The summed E-state index contributed by atoms with van der Waals surface area (Å²) in [6, 6.07) is 11.1. The van der Waals surface area contributed by atoms with Crippen LogP contribution in [0.4, 0.5) is 0 Å². The number of carbonyl (C=O) groups excluding carboxylic acids is 1. The maximum absolute atomic E-state index is 12.3. The lowest BCUT2D eigenvalue weighted by Gasteiger charge is -2.09. The second-order valence-corrected chi connectivity index (χ2v) is 6.23. The highest BCUT2D eigenvalue weighted by Crippen LogP contribution is 2.38. The number of hydrogen-bond acceptors (Lipinski definition) is 3. The first-order valence-corrected chi connectivity index (χ1v) is 7.75. The first kappa shape index (κ1) is 15.6. The minimum atomic E-state index is -0.0539. The number of Topliss-reactive ketones (excluding diaryl/α,β-unsaturated/α-hetero) is 1. The maximum Gasteiger partial charge on any atom is 0.232 e. The minimum Gasteiger partial charge on any atom is -0.489 e. The van der Waals surface area contributed by atoms with Gasteiger partial charge in [0.25, 0.3) is 0 Å². The van der Waals surface area contributed by atoms with Crippen LogP contribution in [0.15, 0.2) is 47.7 Å². The van der Waals surface area contributed by atoms with Gasteiger partial charge in [0.1, 0.15) is 18.1 Å². The van der Waals surface area contributed by atoms with Crippen molar-refractivity contribution in [3.8, 4) is 11.5 Å². The van der Waals surface area contributed by atoms with E-state index in [1.807, 2.05) is 51.1 Å². The maximum atomic E-state index is 12.3. The van der Waals surface area contributed by atoms with Crippen LogP contribution in [0.5, 0.6) is 11.5 Å². The van der Waals surface area contributed by atoms with E-state index in [4.69, 9.17) is 21.1 Å². The molecule has 118 valence electrons. The standard InChI is InChI=1S/C19H17ClO3/c1-11(2)19-18(21)17-12(3)8-15(9-16(17)23-19)22-10-13-4-6-14(20)7-5-13/h4-9H,10H2,1-3H3. The van der Waals surface area contributed by atoms with E-state index in [1.165, 1.54) is 0 Å². The van der Waals surface area contributed by atoms with Gasteiger partial charge in [0.2, 0.25) is 5.78 Å². The van der Waals surface area contributed by atoms with Crippen molar-refractivity contribution in [3.05, 3.63) is 69.4 Å². The zero-order valence-corrected chi connectivity index (χ0v) is 14.0. The van der Waals surface area contributed by atoms with E-state index < -0.39 is 0 Å². The van der Waals surface area contributed by atoms with E-state index in [-0.39, 0.29) is 5.78 Å². The summed E-state index contributed by atoms with van der Waals surface area (Å²) in [4.78, 5) is 12.3. The summed E-state index contributed by atoms with van der Waals surface area (Å²) in [6.07, 6.45) is 0. The molecule has 4 heteroatoms. The highest BCUT2D eigenvalue weighted by Gasteiger charge is 2.30. The first-order valence-electron chi connectivity index (χ1n) is 7.37. The molecule has 0 N–H and O–H groups in total. The molecule has 1 aliphatic heterocycles. The van der Waals surface area contributed by atoms with Crippen molar-refractivity contribution in [2.24, 2.45) is 0 Å². The normalized spacial score (nSPS) is 12.9. The molecule has 0 atom stereocenters. The van der Waals surface area contributed by atoms with E-state index in [0.717, 1.165) is 16.7 Å². The second kappa shape index (κ2) is 6.09. The molecule has 0 aromatic heterocycles. The van der Waals surface area contributed by atoms with Gasteiger partial charge in [-0.05, 0) is 55.7 Å². The lowest BCUT2D eigenvalue weighted by molar-refractivity contribution is 0.101. The van der Waals surface area contributed by atoms with Gasteiger partial charge in [0.05, 0.1) is 5.56 Å². The molecule has 0 saturated carbocycles. The van der Waals surface area contributed by atoms with Gasteiger partial charge in [0.15, 0.2) is 5.76 Å². The SMILES string of the molecule is CC(C)=C1Oc2cc(OCc3ccc(Cl)cc3)cc(C)c2C1=O. The van der Waals surface area contributed by atoms with Crippen LogP contribution in [-0.2, 0) is 6.61 Å². The molecule has 23 heavy (non-hydrogen) atoms. The van der Waals surface area contributed by atoms with Crippen LogP contribution in [0.25, 0.3) is 0 Å². The number of carbonyl (C=O) groups is 1. The number of aryl methyl sites for hydroxylation is 1. The molecule has 2 aromatic carbocycles. The summed E-state index contributed by atoms with van der Waals surface area (Å²) >= 11 is 5.87. The number of rotatable bonds is 3. The van der Waals surface area contributed by atoms with Crippen LogP contribution in [0, 0.1) is 6.92 Å². The van der Waals surface area contributed by atoms with Gasteiger partial charge >= 0.3 is 0 Å². The summed E-state index contributed by atoms with van der Waals surface area (Å²) in [5, 5.41) is 0.697. The number of halogens is 1. The molecule has 0 saturated heterocycles. The third-order valence-electron chi connectivity index (χ3n) is 3.69. The van der Waals surface area contributed by atoms with Crippen molar-refractivity contribution in [1.29, 1.82) is 0 Å². The third-order valence-corrected chi connectivity index (χ3v) is 3.94. The van der Waals surface area contributed by atoms with Crippen LogP contribution < -0.4 is 9.47 Å². The summed E-state index contributed by atoms with van der Waals surface area (Å²) in [7, 11) is 0. The van der Waals surface area contributed by atoms with E-state index in [9.17, 15) is 4.79 Å².